The third-order valence-electron chi connectivity index (χ3n) is 9.70. The van der Waals surface area contributed by atoms with E-state index >= 15 is 0 Å². The number of likely N-dealkylation sites (tertiary alicyclic amines) is 1. The Morgan fingerprint density at radius 2 is 1.58 bits per heavy atom. The van der Waals surface area contributed by atoms with E-state index in [0.717, 1.165) is 66.4 Å². The number of morpholine rings is 1. The van der Waals surface area contributed by atoms with Crippen molar-refractivity contribution < 1.29 is 14.3 Å². The number of benzene rings is 2. The molecule has 3 saturated heterocycles. The van der Waals surface area contributed by atoms with Crippen molar-refractivity contribution in [3.05, 3.63) is 53.6 Å². The molecule has 1 N–H and O–H groups in total. The number of nitrogens with zero attached hydrogens (tertiary/aromatic N) is 3. The summed E-state index contributed by atoms with van der Waals surface area (Å²) in [5.41, 5.74) is 5.44. The maximum absolute atomic E-state index is 11.7. The Kier molecular flexibility index (Phi) is 13.2. The molecule has 0 amide bonds. The predicted molar refractivity (Wildman–Crippen MR) is 186 cm³/mol. The fraction of sp³-hybridized carbons (Fsp3) is 0.632. The highest BCUT2D eigenvalue weighted by Gasteiger charge is 2.42. The second-order valence-electron chi connectivity index (χ2n) is 13.6. The zero-order chi connectivity index (χ0) is 32.4. The Bertz CT molecular complexity index is 1310. The molecule has 0 radical (unpaired) electrons. The van der Waals surface area contributed by atoms with Gasteiger partial charge in [0.1, 0.15) is 0 Å². The Morgan fingerprint density at radius 3 is 2.16 bits per heavy atom. The summed E-state index contributed by atoms with van der Waals surface area (Å²) in [6.07, 6.45) is 9.35. The molecule has 0 saturated carbocycles. The largest absolute Gasteiger partial charge is 0.379 e. The summed E-state index contributed by atoms with van der Waals surface area (Å²) >= 11 is 0. The highest BCUT2D eigenvalue weighted by atomic mass is 16.5. The number of nitrogens with one attached hydrogen (secondary N) is 1. The van der Waals surface area contributed by atoms with Gasteiger partial charge in [-0.3, -0.25) is 14.8 Å². The topological polar surface area (TPSA) is 70.7 Å². The van der Waals surface area contributed by atoms with E-state index in [2.05, 4.69) is 85.9 Å². The Morgan fingerprint density at radius 1 is 0.956 bits per heavy atom. The van der Waals surface area contributed by atoms with Gasteiger partial charge in [-0.25, -0.2) is 0 Å². The van der Waals surface area contributed by atoms with Gasteiger partial charge in [0.05, 0.1) is 36.6 Å². The molecular formula is C38H58N4O3. The second-order valence-corrected chi connectivity index (χ2v) is 13.6. The van der Waals surface area contributed by atoms with E-state index in [1.54, 1.807) is 6.92 Å². The number of aromatic amines is 1. The van der Waals surface area contributed by atoms with Crippen LogP contribution in [0.25, 0.3) is 22.2 Å². The first-order valence-corrected chi connectivity index (χ1v) is 17.4. The molecule has 0 spiro atoms. The molecule has 248 valence electrons. The maximum Gasteiger partial charge on any atom is 0.159 e. The lowest BCUT2D eigenvalue weighted by molar-refractivity contribution is -0.125. The van der Waals surface area contributed by atoms with E-state index in [-0.39, 0.29) is 5.78 Å². The molecule has 3 aliphatic heterocycles. The normalized spacial score (nSPS) is 24.8. The molecule has 1 aromatic heterocycles. The van der Waals surface area contributed by atoms with Crippen molar-refractivity contribution >= 4 is 16.7 Å². The molecule has 45 heavy (non-hydrogen) atoms. The lowest BCUT2D eigenvalue weighted by Gasteiger charge is -2.51. The van der Waals surface area contributed by atoms with Crippen LogP contribution >= 0.6 is 0 Å². The predicted octanol–water partition coefficient (Wildman–Crippen LogP) is 7.79. The minimum absolute atomic E-state index is 0.0764. The van der Waals surface area contributed by atoms with Crippen LogP contribution in [0.15, 0.2) is 42.5 Å². The maximum atomic E-state index is 11.7. The summed E-state index contributed by atoms with van der Waals surface area (Å²) in [7, 11) is 2.21. The molecule has 3 aromatic rings. The number of H-pyrrole nitrogens is 1. The van der Waals surface area contributed by atoms with Gasteiger partial charge in [-0.2, -0.15) is 5.10 Å². The van der Waals surface area contributed by atoms with Crippen molar-refractivity contribution in [1.29, 1.82) is 0 Å². The molecular weight excluding hydrogens is 560 g/mol. The van der Waals surface area contributed by atoms with Crippen molar-refractivity contribution in [2.75, 3.05) is 46.4 Å². The van der Waals surface area contributed by atoms with Crippen molar-refractivity contribution in [3.63, 3.8) is 0 Å². The Balaban J connectivity index is 0.000000207. The Hall–Kier alpha value is -2.58. The highest BCUT2D eigenvalue weighted by molar-refractivity contribution is 6.01. The van der Waals surface area contributed by atoms with E-state index in [1.807, 2.05) is 18.2 Å². The SMILES string of the molecule is CC(=O)c1ccc2[nH]nc(-c3ccc(CC4CCN(C)CC4)cc3)c2c1.CCC.CCC1(N2CCOCC2)CC(C)OC(C)C1. The number of aromatic nitrogens is 2. The summed E-state index contributed by atoms with van der Waals surface area (Å²) in [5, 5.41) is 8.55. The quantitative estimate of drug-likeness (QED) is 0.285. The van der Waals surface area contributed by atoms with E-state index in [4.69, 9.17) is 9.47 Å². The first-order chi connectivity index (χ1) is 21.7. The Labute approximate surface area is 272 Å². The lowest BCUT2D eigenvalue weighted by atomic mass is 9.80. The third-order valence-corrected chi connectivity index (χ3v) is 9.70. The fourth-order valence-corrected chi connectivity index (χ4v) is 7.31. The van der Waals surface area contributed by atoms with Crippen LogP contribution in [-0.2, 0) is 15.9 Å². The standard InChI is InChI=1S/C22H25N3O.C13H25NO2.C3H8/c1-15(26)19-7-8-21-20(14-19)22(24-23-21)18-5-3-16(4-6-18)13-17-9-11-25(2)12-10-17;1-4-13(14-5-7-15-8-6-14)9-11(2)16-12(3)10-13;1-3-2/h3-8,14,17H,9-13H2,1-2H3,(H,23,24);11-12H,4-10H2,1-3H3;3H2,1-2H3. The average molecular weight is 619 g/mol. The fourth-order valence-electron chi connectivity index (χ4n) is 7.31. The van der Waals surface area contributed by atoms with E-state index < -0.39 is 0 Å². The number of ether oxygens (including phenoxy) is 2. The third kappa shape index (κ3) is 9.47. The summed E-state index contributed by atoms with van der Waals surface area (Å²) in [6.45, 7) is 19.0. The number of Topliss-reactive ketones (excluding diaryl/α,β-unsaturated/α-hetero) is 1. The van der Waals surface area contributed by atoms with Gasteiger partial charge in [0.25, 0.3) is 0 Å². The van der Waals surface area contributed by atoms with Crippen molar-refractivity contribution in [2.45, 2.75) is 104 Å². The molecule has 2 unspecified atom stereocenters. The van der Waals surface area contributed by atoms with Crippen LogP contribution in [-0.4, -0.2) is 90.0 Å². The van der Waals surface area contributed by atoms with Gasteiger partial charge in [-0.15, -0.1) is 0 Å². The first kappa shape index (κ1) is 35.3. The van der Waals surface area contributed by atoms with Crippen LogP contribution in [0.3, 0.4) is 0 Å². The summed E-state index contributed by atoms with van der Waals surface area (Å²) < 4.78 is 11.3. The molecule has 2 aromatic carbocycles. The van der Waals surface area contributed by atoms with Crippen molar-refractivity contribution in [3.8, 4) is 11.3 Å². The van der Waals surface area contributed by atoms with E-state index in [9.17, 15) is 4.79 Å². The van der Waals surface area contributed by atoms with Crippen LogP contribution in [0.2, 0.25) is 0 Å². The van der Waals surface area contributed by atoms with Gasteiger partial charge in [0.2, 0.25) is 0 Å². The molecule has 6 rings (SSSR count). The second kappa shape index (κ2) is 16.8. The monoisotopic (exact) mass is 618 g/mol. The molecule has 7 nitrogen and oxygen atoms in total. The molecule has 3 fully saturated rings. The number of carbonyl (C=O) groups excluding carboxylic acids is 1. The zero-order valence-electron chi connectivity index (χ0n) is 29.0. The molecule has 4 heterocycles. The van der Waals surface area contributed by atoms with E-state index in [1.165, 1.54) is 57.2 Å². The van der Waals surface area contributed by atoms with Gasteiger partial charge in [0, 0.05) is 35.1 Å². The summed E-state index contributed by atoms with van der Waals surface area (Å²) in [4.78, 5) is 16.7. The molecule has 3 aliphatic rings. The van der Waals surface area contributed by atoms with Crippen LogP contribution in [0, 0.1) is 5.92 Å². The number of fused-ring (bicyclic) bond motifs is 1. The van der Waals surface area contributed by atoms with E-state index in [0.29, 0.717) is 17.7 Å². The number of ketones is 1. The average Bonchev–Trinajstić information content (AvgIpc) is 3.47. The summed E-state index contributed by atoms with van der Waals surface area (Å²) in [5.74, 6) is 0.869. The smallest absolute Gasteiger partial charge is 0.159 e. The number of piperidine rings is 1. The first-order valence-electron chi connectivity index (χ1n) is 17.4. The molecule has 2 atom stereocenters. The van der Waals surface area contributed by atoms with Crippen LogP contribution in [0.4, 0.5) is 0 Å². The van der Waals surface area contributed by atoms with Gasteiger partial charge in [-0.1, -0.05) is 51.5 Å². The van der Waals surface area contributed by atoms with Crippen LogP contribution in [0.1, 0.15) is 96.0 Å². The zero-order valence-corrected chi connectivity index (χ0v) is 29.0. The lowest BCUT2D eigenvalue weighted by Crippen LogP contribution is -2.58. The molecule has 7 heteroatoms. The van der Waals surface area contributed by atoms with Gasteiger partial charge in [0.15, 0.2) is 5.78 Å². The molecule has 0 aliphatic carbocycles. The minimum atomic E-state index is 0.0764. The highest BCUT2D eigenvalue weighted by Crippen LogP contribution is 2.37. The van der Waals surface area contributed by atoms with Crippen LogP contribution < -0.4 is 0 Å². The van der Waals surface area contributed by atoms with Gasteiger partial charge >= 0.3 is 0 Å². The minimum Gasteiger partial charge on any atom is -0.379 e. The molecule has 0 bridgehead atoms. The van der Waals surface area contributed by atoms with Gasteiger partial charge < -0.3 is 14.4 Å². The van der Waals surface area contributed by atoms with Crippen molar-refractivity contribution in [2.24, 2.45) is 5.92 Å². The van der Waals surface area contributed by atoms with Crippen molar-refractivity contribution in [1.82, 2.24) is 20.0 Å². The van der Waals surface area contributed by atoms with Gasteiger partial charge in [-0.05, 0) is 109 Å². The number of rotatable bonds is 6. The number of carbonyl (C=O) groups is 1. The number of hydrogen-bond donors (Lipinski definition) is 1. The summed E-state index contributed by atoms with van der Waals surface area (Å²) in [6, 6.07) is 14.5. The van der Waals surface area contributed by atoms with Crippen LogP contribution in [0.5, 0.6) is 0 Å². The number of hydrogen-bond acceptors (Lipinski definition) is 6.